The highest BCUT2D eigenvalue weighted by molar-refractivity contribution is 7.85. The number of amides is 1. The number of unbranched alkanes of at least 4 members (excludes halogenated alkanes) is 1. The summed E-state index contributed by atoms with van der Waals surface area (Å²) in [5, 5.41) is 0. The van der Waals surface area contributed by atoms with E-state index in [9.17, 15) is 13.2 Å². The first kappa shape index (κ1) is 20.3. The van der Waals surface area contributed by atoms with Gasteiger partial charge in [-0.3, -0.25) is 9.35 Å². The van der Waals surface area contributed by atoms with Crippen molar-refractivity contribution in [3.8, 4) is 0 Å². The van der Waals surface area contributed by atoms with E-state index >= 15 is 0 Å². The fourth-order valence-corrected chi connectivity index (χ4v) is 3.76. The number of nitrogens with zero attached hydrogens (tertiary/aromatic N) is 1. The molecular weight excluding hydrogens is 306 g/mol. The van der Waals surface area contributed by atoms with Gasteiger partial charge in [-0.2, -0.15) is 8.42 Å². The second kappa shape index (κ2) is 8.70. The van der Waals surface area contributed by atoms with Gasteiger partial charge >= 0.3 is 0 Å². The van der Waals surface area contributed by atoms with E-state index < -0.39 is 18.2 Å². The molecule has 0 aromatic heterocycles. The Morgan fingerprint density at radius 1 is 1.14 bits per heavy atom. The van der Waals surface area contributed by atoms with Gasteiger partial charge in [0.05, 0.1) is 5.75 Å². The van der Waals surface area contributed by atoms with Crippen LogP contribution in [-0.2, 0) is 14.9 Å². The summed E-state index contributed by atoms with van der Waals surface area (Å²) in [5.74, 6) is -0.325. The van der Waals surface area contributed by atoms with Crippen molar-refractivity contribution in [2.45, 2.75) is 51.9 Å². The summed E-state index contributed by atoms with van der Waals surface area (Å²) >= 11 is 0. The van der Waals surface area contributed by atoms with Gasteiger partial charge in [0.25, 0.3) is 10.1 Å². The predicted octanol–water partition coefficient (Wildman–Crippen LogP) is 2.79. The molecule has 124 valence electrons. The van der Waals surface area contributed by atoms with Crippen molar-refractivity contribution < 1.29 is 17.8 Å². The SMILES string of the molecule is C=C(C)C(=O)N(CCCCS(=O)(=O)O)CCC[Si](C)(C)C. The van der Waals surface area contributed by atoms with Gasteiger partial charge in [-0.15, -0.1) is 0 Å². The van der Waals surface area contributed by atoms with Crippen molar-refractivity contribution in [3.63, 3.8) is 0 Å². The maximum atomic E-state index is 12.1. The molecule has 0 rings (SSSR count). The van der Waals surface area contributed by atoms with Crippen molar-refractivity contribution in [1.29, 1.82) is 0 Å². The molecule has 1 N–H and O–H groups in total. The van der Waals surface area contributed by atoms with Crippen LogP contribution in [-0.4, -0.2) is 50.7 Å². The Morgan fingerprint density at radius 2 is 1.67 bits per heavy atom. The van der Waals surface area contributed by atoms with Crippen LogP contribution in [0.2, 0.25) is 25.7 Å². The Labute approximate surface area is 130 Å². The lowest BCUT2D eigenvalue weighted by Crippen LogP contribution is -2.34. The second-order valence-electron chi connectivity index (χ2n) is 6.73. The van der Waals surface area contributed by atoms with Crippen molar-refractivity contribution >= 4 is 24.1 Å². The third-order valence-corrected chi connectivity index (χ3v) is 5.75. The number of carbonyl (C=O) groups is 1. The molecule has 0 saturated carbocycles. The Balaban J connectivity index is 4.34. The standard InChI is InChI=1S/C14H29NO4SSi/c1-13(2)14(16)15(10-8-12-21(3,4)5)9-6-7-11-20(17,18)19/h1,6-12H2,2-5H3,(H,17,18,19). The minimum absolute atomic E-state index is 0.0718. The van der Waals surface area contributed by atoms with E-state index in [1.807, 2.05) is 0 Å². The van der Waals surface area contributed by atoms with Crippen molar-refractivity contribution in [1.82, 2.24) is 4.90 Å². The van der Waals surface area contributed by atoms with E-state index in [4.69, 9.17) is 4.55 Å². The lowest BCUT2D eigenvalue weighted by Gasteiger charge is -2.24. The Hall–Kier alpha value is -0.663. The summed E-state index contributed by atoms with van der Waals surface area (Å²) in [6.07, 6.45) is 1.88. The average molecular weight is 336 g/mol. The average Bonchev–Trinajstić information content (AvgIpc) is 2.28. The topological polar surface area (TPSA) is 74.7 Å². The molecule has 0 aromatic carbocycles. The largest absolute Gasteiger partial charge is 0.339 e. The highest BCUT2D eigenvalue weighted by Gasteiger charge is 2.17. The summed E-state index contributed by atoms with van der Waals surface area (Å²) in [5.41, 5.74) is 0.498. The molecule has 0 aliphatic heterocycles. The summed E-state index contributed by atoms with van der Waals surface area (Å²) in [6.45, 7) is 13.4. The molecular formula is C14H29NO4SSi. The van der Waals surface area contributed by atoms with E-state index in [0.717, 1.165) is 12.5 Å². The molecule has 0 atom stereocenters. The van der Waals surface area contributed by atoms with Crippen molar-refractivity contribution in [2.75, 3.05) is 18.8 Å². The fourth-order valence-electron chi connectivity index (χ4n) is 1.97. The molecule has 0 aliphatic carbocycles. The molecule has 0 saturated heterocycles. The molecule has 7 heteroatoms. The van der Waals surface area contributed by atoms with Crippen LogP contribution in [0, 0.1) is 0 Å². The Kier molecular flexibility index (Phi) is 8.43. The van der Waals surface area contributed by atoms with Gasteiger partial charge < -0.3 is 4.90 Å². The minimum Gasteiger partial charge on any atom is -0.339 e. The summed E-state index contributed by atoms with van der Waals surface area (Å²) in [6, 6.07) is 1.15. The third-order valence-electron chi connectivity index (χ3n) is 3.09. The quantitative estimate of drug-likeness (QED) is 0.288. The first-order valence-electron chi connectivity index (χ1n) is 7.32. The molecule has 0 unspecified atom stereocenters. The maximum Gasteiger partial charge on any atom is 0.264 e. The van der Waals surface area contributed by atoms with Crippen LogP contribution in [0.1, 0.15) is 26.2 Å². The second-order valence-corrected chi connectivity index (χ2v) is 13.9. The van der Waals surface area contributed by atoms with Gasteiger partial charge in [0, 0.05) is 26.7 Å². The normalized spacial score (nSPS) is 12.2. The first-order valence-corrected chi connectivity index (χ1v) is 12.6. The van der Waals surface area contributed by atoms with Crippen LogP contribution in [0.5, 0.6) is 0 Å². The zero-order valence-corrected chi connectivity index (χ0v) is 15.5. The number of rotatable bonds is 10. The van der Waals surface area contributed by atoms with Crippen LogP contribution in [0.25, 0.3) is 0 Å². The van der Waals surface area contributed by atoms with E-state index in [1.54, 1.807) is 11.8 Å². The van der Waals surface area contributed by atoms with Crippen molar-refractivity contribution in [3.05, 3.63) is 12.2 Å². The van der Waals surface area contributed by atoms with Crippen LogP contribution < -0.4 is 0 Å². The smallest absolute Gasteiger partial charge is 0.264 e. The molecule has 1 amide bonds. The lowest BCUT2D eigenvalue weighted by atomic mass is 10.2. The van der Waals surface area contributed by atoms with E-state index in [-0.39, 0.29) is 11.7 Å². The van der Waals surface area contributed by atoms with Crippen molar-refractivity contribution in [2.24, 2.45) is 0 Å². The molecule has 0 heterocycles. The number of hydrogen-bond acceptors (Lipinski definition) is 3. The third kappa shape index (κ3) is 11.6. The summed E-state index contributed by atoms with van der Waals surface area (Å²) in [7, 11) is -5.03. The monoisotopic (exact) mass is 335 g/mol. The van der Waals surface area contributed by atoms with Gasteiger partial charge in [0.2, 0.25) is 5.91 Å². The van der Waals surface area contributed by atoms with E-state index in [0.29, 0.717) is 31.5 Å². The van der Waals surface area contributed by atoms with Gasteiger partial charge in [0.15, 0.2) is 0 Å². The van der Waals surface area contributed by atoms with E-state index in [2.05, 4.69) is 26.2 Å². The van der Waals surface area contributed by atoms with E-state index in [1.165, 1.54) is 0 Å². The van der Waals surface area contributed by atoms with Gasteiger partial charge in [0.1, 0.15) is 0 Å². The molecule has 0 spiro atoms. The molecule has 0 fully saturated rings. The molecule has 0 aliphatic rings. The Bertz CT molecular complexity index is 454. The van der Waals surface area contributed by atoms with Crippen LogP contribution in [0.15, 0.2) is 12.2 Å². The molecule has 0 radical (unpaired) electrons. The lowest BCUT2D eigenvalue weighted by molar-refractivity contribution is -0.127. The fraction of sp³-hybridized carbons (Fsp3) is 0.786. The predicted molar refractivity (Wildman–Crippen MR) is 89.8 cm³/mol. The maximum absolute atomic E-state index is 12.1. The molecule has 5 nitrogen and oxygen atoms in total. The minimum atomic E-state index is -3.91. The molecule has 21 heavy (non-hydrogen) atoms. The summed E-state index contributed by atoms with van der Waals surface area (Å²) < 4.78 is 30.0. The van der Waals surface area contributed by atoms with Gasteiger partial charge in [-0.1, -0.05) is 32.3 Å². The van der Waals surface area contributed by atoms with Gasteiger partial charge in [-0.05, 0) is 26.2 Å². The van der Waals surface area contributed by atoms with Crippen LogP contribution in [0.3, 0.4) is 0 Å². The van der Waals surface area contributed by atoms with Gasteiger partial charge in [-0.25, -0.2) is 0 Å². The molecule has 0 bridgehead atoms. The number of hydrogen-bond donors (Lipinski definition) is 1. The molecule has 0 aromatic rings. The zero-order chi connectivity index (χ0) is 16.7. The van der Waals surface area contributed by atoms with Crippen LogP contribution in [0.4, 0.5) is 0 Å². The Morgan fingerprint density at radius 3 is 2.10 bits per heavy atom. The van der Waals surface area contributed by atoms with Crippen LogP contribution >= 0.6 is 0 Å². The summed E-state index contributed by atoms with van der Waals surface area (Å²) in [4.78, 5) is 13.8. The number of carbonyl (C=O) groups excluding carboxylic acids is 1. The highest BCUT2D eigenvalue weighted by Crippen LogP contribution is 2.13. The zero-order valence-electron chi connectivity index (χ0n) is 13.7. The highest BCUT2D eigenvalue weighted by atomic mass is 32.2. The first-order chi connectivity index (χ1) is 9.42.